The molecule has 0 aliphatic carbocycles. The summed E-state index contributed by atoms with van der Waals surface area (Å²) in [5.41, 5.74) is 0. The predicted octanol–water partition coefficient (Wildman–Crippen LogP) is 0.598. The molecule has 0 spiro atoms. The lowest BCUT2D eigenvalue weighted by molar-refractivity contribution is -0.340. The fourth-order valence-corrected chi connectivity index (χ4v) is 0.250. The molecule has 0 aliphatic rings. The van der Waals surface area contributed by atoms with E-state index in [0.717, 1.165) is 0 Å². The first-order valence-electron chi connectivity index (χ1n) is 3.36. The highest BCUT2D eigenvalue weighted by Gasteiger charge is 2.20. The van der Waals surface area contributed by atoms with Gasteiger partial charge in [-0.15, -0.1) is 0 Å². The van der Waals surface area contributed by atoms with Gasteiger partial charge in [-0.2, -0.15) is 0 Å². The van der Waals surface area contributed by atoms with Gasteiger partial charge in [0, 0.05) is 34.9 Å². The second kappa shape index (κ2) is 7.94. The SMILES string of the molecule is CCO.COC(C)(OC)OC. The zero-order valence-corrected chi connectivity index (χ0v) is 7.88. The Balaban J connectivity index is 0. The summed E-state index contributed by atoms with van der Waals surface area (Å²) in [6.45, 7) is 3.62. The van der Waals surface area contributed by atoms with Crippen LogP contribution in [0.4, 0.5) is 0 Å². The third-order valence-corrected chi connectivity index (χ3v) is 1.11. The van der Waals surface area contributed by atoms with E-state index in [4.69, 9.17) is 19.3 Å². The molecule has 0 unspecified atom stereocenters. The summed E-state index contributed by atoms with van der Waals surface area (Å²) in [7, 11) is 4.56. The minimum atomic E-state index is -0.875. The molecular weight excluding hydrogens is 148 g/mol. The highest BCUT2D eigenvalue weighted by Crippen LogP contribution is 2.08. The molecule has 0 atom stereocenters. The maximum Gasteiger partial charge on any atom is 0.279 e. The molecule has 70 valence electrons. The van der Waals surface area contributed by atoms with E-state index in [0.29, 0.717) is 0 Å². The second-order valence-electron chi connectivity index (χ2n) is 1.79. The Bertz CT molecular complexity index is 62.6. The molecule has 0 saturated carbocycles. The van der Waals surface area contributed by atoms with E-state index < -0.39 is 5.97 Å². The highest BCUT2D eigenvalue weighted by atomic mass is 16.9. The molecule has 0 aromatic rings. The maximum absolute atomic E-state index is 7.57. The Kier molecular flexibility index (Phi) is 9.70. The zero-order valence-electron chi connectivity index (χ0n) is 7.88. The van der Waals surface area contributed by atoms with Crippen molar-refractivity contribution in [2.24, 2.45) is 0 Å². The largest absolute Gasteiger partial charge is 0.397 e. The van der Waals surface area contributed by atoms with Gasteiger partial charge in [0.2, 0.25) is 0 Å². The van der Waals surface area contributed by atoms with E-state index >= 15 is 0 Å². The van der Waals surface area contributed by atoms with Crippen molar-refractivity contribution in [1.82, 2.24) is 0 Å². The van der Waals surface area contributed by atoms with E-state index in [9.17, 15) is 0 Å². The Hall–Kier alpha value is -0.160. The number of hydrogen-bond acceptors (Lipinski definition) is 4. The number of ether oxygens (including phenoxy) is 3. The molecule has 1 N–H and O–H groups in total. The molecule has 0 radical (unpaired) electrons. The van der Waals surface area contributed by atoms with Crippen LogP contribution in [0.2, 0.25) is 0 Å². The van der Waals surface area contributed by atoms with E-state index in [1.54, 1.807) is 13.8 Å². The maximum atomic E-state index is 7.57. The van der Waals surface area contributed by atoms with Crippen molar-refractivity contribution in [3.8, 4) is 0 Å². The van der Waals surface area contributed by atoms with Crippen LogP contribution in [0.3, 0.4) is 0 Å². The van der Waals surface area contributed by atoms with Crippen molar-refractivity contribution in [2.75, 3.05) is 27.9 Å². The molecule has 11 heavy (non-hydrogen) atoms. The number of aliphatic hydroxyl groups excluding tert-OH is 1. The van der Waals surface area contributed by atoms with Crippen LogP contribution in [0.1, 0.15) is 13.8 Å². The van der Waals surface area contributed by atoms with Crippen LogP contribution < -0.4 is 0 Å². The van der Waals surface area contributed by atoms with Crippen molar-refractivity contribution >= 4 is 0 Å². The van der Waals surface area contributed by atoms with Crippen LogP contribution in [0, 0.1) is 0 Å². The zero-order chi connectivity index (χ0) is 9.33. The number of aliphatic hydroxyl groups is 1. The van der Waals surface area contributed by atoms with Gasteiger partial charge in [-0.05, 0) is 6.92 Å². The fraction of sp³-hybridized carbons (Fsp3) is 1.00. The van der Waals surface area contributed by atoms with Crippen molar-refractivity contribution in [3.63, 3.8) is 0 Å². The summed E-state index contributed by atoms with van der Waals surface area (Å²) in [5.74, 6) is -0.875. The van der Waals surface area contributed by atoms with Crippen molar-refractivity contribution < 1.29 is 19.3 Å². The molecule has 0 bridgehead atoms. The van der Waals surface area contributed by atoms with Gasteiger partial charge in [0.05, 0.1) is 0 Å². The number of rotatable bonds is 3. The molecule has 0 amide bonds. The fourth-order valence-electron chi connectivity index (χ4n) is 0.250. The highest BCUT2D eigenvalue weighted by molar-refractivity contribution is 4.38. The number of hydrogen-bond donors (Lipinski definition) is 1. The minimum Gasteiger partial charge on any atom is -0.397 e. The van der Waals surface area contributed by atoms with Gasteiger partial charge in [-0.3, -0.25) is 0 Å². The summed E-state index contributed by atoms with van der Waals surface area (Å²) in [5, 5.41) is 7.57. The monoisotopic (exact) mass is 166 g/mol. The third kappa shape index (κ3) is 7.74. The third-order valence-electron chi connectivity index (χ3n) is 1.11. The molecule has 0 fully saturated rings. The summed E-state index contributed by atoms with van der Waals surface area (Å²) in [4.78, 5) is 0. The van der Waals surface area contributed by atoms with Crippen molar-refractivity contribution in [2.45, 2.75) is 19.8 Å². The van der Waals surface area contributed by atoms with Crippen molar-refractivity contribution in [3.05, 3.63) is 0 Å². The van der Waals surface area contributed by atoms with Gasteiger partial charge in [0.15, 0.2) is 0 Å². The first kappa shape index (κ1) is 13.4. The lowest BCUT2D eigenvalue weighted by atomic mass is 10.6. The molecule has 0 saturated heterocycles. The Morgan fingerprint density at radius 1 is 1.09 bits per heavy atom. The first-order valence-corrected chi connectivity index (χ1v) is 3.36. The molecule has 4 nitrogen and oxygen atoms in total. The lowest BCUT2D eigenvalue weighted by Gasteiger charge is -2.23. The predicted molar refractivity (Wildman–Crippen MR) is 42.2 cm³/mol. The van der Waals surface area contributed by atoms with Gasteiger partial charge in [0.25, 0.3) is 5.97 Å². The topological polar surface area (TPSA) is 47.9 Å². The van der Waals surface area contributed by atoms with Gasteiger partial charge >= 0.3 is 0 Å². The minimum absolute atomic E-state index is 0.250. The normalized spacial score (nSPS) is 10.4. The van der Waals surface area contributed by atoms with Gasteiger partial charge in [-0.25, -0.2) is 0 Å². The Morgan fingerprint density at radius 2 is 1.27 bits per heavy atom. The second-order valence-corrected chi connectivity index (χ2v) is 1.79. The standard InChI is InChI=1S/C5H12O3.C2H6O/c1-5(6-2,7-3)8-4;1-2-3/h1-4H3;3H,2H2,1H3. The lowest BCUT2D eigenvalue weighted by Crippen LogP contribution is -2.31. The smallest absolute Gasteiger partial charge is 0.279 e. The van der Waals surface area contributed by atoms with Crippen LogP contribution in [0.15, 0.2) is 0 Å². The van der Waals surface area contributed by atoms with Crippen molar-refractivity contribution in [1.29, 1.82) is 0 Å². The van der Waals surface area contributed by atoms with Gasteiger partial charge < -0.3 is 19.3 Å². The first-order chi connectivity index (χ1) is 5.10. The number of methoxy groups -OCH3 is 3. The van der Waals surface area contributed by atoms with E-state index in [-0.39, 0.29) is 6.61 Å². The summed E-state index contributed by atoms with van der Waals surface area (Å²) in [6, 6.07) is 0. The van der Waals surface area contributed by atoms with Crippen LogP contribution in [-0.4, -0.2) is 39.0 Å². The quantitative estimate of drug-likeness (QED) is 0.624. The molecule has 4 heteroatoms. The van der Waals surface area contributed by atoms with E-state index in [1.165, 1.54) is 21.3 Å². The van der Waals surface area contributed by atoms with E-state index in [2.05, 4.69) is 0 Å². The van der Waals surface area contributed by atoms with Gasteiger partial charge in [-0.1, -0.05) is 0 Å². The molecule has 0 aromatic carbocycles. The molecular formula is C7H18O4. The van der Waals surface area contributed by atoms with Gasteiger partial charge in [0.1, 0.15) is 0 Å². The van der Waals surface area contributed by atoms with Crippen LogP contribution >= 0.6 is 0 Å². The summed E-state index contributed by atoms with van der Waals surface area (Å²) < 4.78 is 14.4. The van der Waals surface area contributed by atoms with Crippen LogP contribution in [0.5, 0.6) is 0 Å². The molecule has 0 aliphatic heterocycles. The Labute approximate surface area is 68.1 Å². The van der Waals surface area contributed by atoms with Crippen LogP contribution in [0.25, 0.3) is 0 Å². The van der Waals surface area contributed by atoms with Crippen LogP contribution in [-0.2, 0) is 14.2 Å². The average molecular weight is 166 g/mol. The molecule has 0 aromatic heterocycles. The molecule has 0 rings (SSSR count). The Morgan fingerprint density at radius 3 is 1.27 bits per heavy atom. The summed E-state index contributed by atoms with van der Waals surface area (Å²) in [6.07, 6.45) is 0. The molecule has 0 heterocycles. The average Bonchev–Trinajstić information content (AvgIpc) is 2.05. The van der Waals surface area contributed by atoms with E-state index in [1.807, 2.05) is 0 Å². The summed E-state index contributed by atoms with van der Waals surface area (Å²) >= 11 is 0.